The summed E-state index contributed by atoms with van der Waals surface area (Å²) in [4.78, 5) is 35.4. The molecule has 26 heavy (non-hydrogen) atoms. The summed E-state index contributed by atoms with van der Waals surface area (Å²) in [5.74, 6) is 0.0555. The number of thioether (sulfide) groups is 2. The lowest BCUT2D eigenvalue weighted by Crippen LogP contribution is -2.33. The first-order valence-electron chi connectivity index (χ1n) is 8.69. The molecule has 0 spiro atoms. The third-order valence-corrected chi connectivity index (χ3v) is 6.34. The van der Waals surface area contributed by atoms with E-state index in [1.807, 2.05) is 48.0 Å². The number of aromatic nitrogens is 2. The summed E-state index contributed by atoms with van der Waals surface area (Å²) in [7, 11) is 0. The van der Waals surface area contributed by atoms with Crippen LogP contribution >= 0.6 is 23.5 Å². The number of anilines is 1. The van der Waals surface area contributed by atoms with Crippen LogP contribution in [0.1, 0.15) is 31.0 Å². The minimum Gasteiger partial charge on any atom is -0.311 e. The van der Waals surface area contributed by atoms with E-state index in [-0.39, 0.29) is 11.5 Å². The number of hydrogen-bond donors (Lipinski definition) is 1. The van der Waals surface area contributed by atoms with Gasteiger partial charge in [-0.25, -0.2) is 4.98 Å². The largest absolute Gasteiger partial charge is 0.311 e. The molecule has 0 saturated heterocycles. The summed E-state index contributed by atoms with van der Waals surface area (Å²) in [6.07, 6.45) is 3.53. The van der Waals surface area contributed by atoms with E-state index in [0.717, 1.165) is 17.0 Å². The lowest BCUT2D eigenvalue weighted by atomic mass is 10.1. The highest BCUT2D eigenvalue weighted by Gasteiger charge is 2.24. The molecule has 1 aromatic heterocycles. The van der Waals surface area contributed by atoms with Crippen molar-refractivity contribution in [3.05, 3.63) is 45.9 Å². The van der Waals surface area contributed by atoms with Crippen LogP contribution in [0, 0.1) is 6.92 Å². The molecule has 0 saturated carbocycles. The average molecular weight is 390 g/mol. The summed E-state index contributed by atoms with van der Waals surface area (Å²) < 4.78 is 0. The Labute approximate surface area is 162 Å². The Bertz CT molecular complexity index is 866. The SMILES string of the molecule is CSc1nc(C)c(CCC(=O)N2CCC(C)Sc3ccccc32)c(=O)[nH]1. The van der Waals surface area contributed by atoms with Gasteiger partial charge in [0.2, 0.25) is 5.91 Å². The molecule has 138 valence electrons. The maximum absolute atomic E-state index is 12.9. The van der Waals surface area contributed by atoms with E-state index in [4.69, 9.17) is 0 Å². The first-order chi connectivity index (χ1) is 12.5. The Kier molecular flexibility index (Phi) is 6.09. The molecule has 5 nitrogen and oxygen atoms in total. The normalized spacial score (nSPS) is 16.9. The first-order valence-corrected chi connectivity index (χ1v) is 10.8. The number of aryl methyl sites for hydroxylation is 1. The van der Waals surface area contributed by atoms with Crippen LogP contribution in [0.2, 0.25) is 0 Å². The molecule has 1 aliphatic heterocycles. The molecule has 1 atom stereocenters. The van der Waals surface area contributed by atoms with Crippen LogP contribution in [0.5, 0.6) is 0 Å². The second-order valence-electron chi connectivity index (χ2n) is 6.37. The van der Waals surface area contributed by atoms with E-state index in [0.29, 0.717) is 41.1 Å². The van der Waals surface area contributed by atoms with Crippen molar-refractivity contribution < 1.29 is 4.79 Å². The van der Waals surface area contributed by atoms with Crippen molar-refractivity contribution in [3.8, 4) is 0 Å². The van der Waals surface area contributed by atoms with Gasteiger partial charge in [0.15, 0.2) is 5.16 Å². The van der Waals surface area contributed by atoms with E-state index < -0.39 is 0 Å². The number of benzene rings is 1. The molecule has 1 unspecified atom stereocenters. The van der Waals surface area contributed by atoms with Gasteiger partial charge in [-0.1, -0.05) is 30.8 Å². The number of rotatable bonds is 4. The molecular weight excluding hydrogens is 366 g/mol. The molecule has 0 fully saturated rings. The molecule has 2 heterocycles. The quantitative estimate of drug-likeness (QED) is 0.639. The smallest absolute Gasteiger partial charge is 0.254 e. The number of amides is 1. The average Bonchev–Trinajstić information content (AvgIpc) is 2.78. The van der Waals surface area contributed by atoms with Gasteiger partial charge >= 0.3 is 0 Å². The third-order valence-electron chi connectivity index (χ3n) is 4.53. The van der Waals surface area contributed by atoms with Crippen LogP contribution in [0.3, 0.4) is 0 Å². The molecule has 1 aliphatic rings. The van der Waals surface area contributed by atoms with Crippen molar-refractivity contribution in [2.45, 2.75) is 48.4 Å². The number of carbonyl (C=O) groups is 1. The number of nitrogens with zero attached hydrogens (tertiary/aromatic N) is 2. The number of carbonyl (C=O) groups excluding carboxylic acids is 1. The summed E-state index contributed by atoms with van der Waals surface area (Å²) in [6.45, 7) is 4.73. The fourth-order valence-corrected chi connectivity index (χ4v) is 4.62. The molecular formula is C19H23N3O2S2. The van der Waals surface area contributed by atoms with Crippen molar-refractivity contribution in [1.82, 2.24) is 9.97 Å². The second kappa shape index (κ2) is 8.31. The van der Waals surface area contributed by atoms with Crippen LogP contribution in [-0.4, -0.2) is 33.9 Å². The predicted molar refractivity (Wildman–Crippen MR) is 108 cm³/mol. The number of aromatic amines is 1. The van der Waals surface area contributed by atoms with Gasteiger partial charge in [-0.15, -0.1) is 11.8 Å². The number of hydrogen-bond acceptors (Lipinski definition) is 5. The van der Waals surface area contributed by atoms with Gasteiger partial charge in [0.05, 0.1) is 5.69 Å². The topological polar surface area (TPSA) is 66.1 Å². The lowest BCUT2D eigenvalue weighted by molar-refractivity contribution is -0.118. The van der Waals surface area contributed by atoms with E-state index >= 15 is 0 Å². The second-order valence-corrected chi connectivity index (χ2v) is 8.64. The van der Waals surface area contributed by atoms with E-state index in [9.17, 15) is 9.59 Å². The zero-order chi connectivity index (χ0) is 18.7. The summed E-state index contributed by atoms with van der Waals surface area (Å²) in [5, 5.41) is 1.08. The Balaban J connectivity index is 1.78. The van der Waals surface area contributed by atoms with Crippen LogP contribution in [0.4, 0.5) is 5.69 Å². The van der Waals surface area contributed by atoms with E-state index in [1.54, 1.807) is 0 Å². The Morgan fingerprint density at radius 1 is 1.42 bits per heavy atom. The third kappa shape index (κ3) is 4.15. The maximum atomic E-state index is 12.9. The number of H-pyrrole nitrogens is 1. The summed E-state index contributed by atoms with van der Waals surface area (Å²) >= 11 is 3.22. The maximum Gasteiger partial charge on any atom is 0.254 e. The highest BCUT2D eigenvalue weighted by Crippen LogP contribution is 2.37. The highest BCUT2D eigenvalue weighted by atomic mass is 32.2. The minimum atomic E-state index is -0.143. The van der Waals surface area contributed by atoms with Gasteiger partial charge in [0.1, 0.15) is 0 Å². The Morgan fingerprint density at radius 3 is 2.92 bits per heavy atom. The Hall–Kier alpha value is -1.73. The van der Waals surface area contributed by atoms with Crippen LogP contribution < -0.4 is 10.5 Å². The molecule has 1 aromatic carbocycles. The van der Waals surface area contributed by atoms with Gasteiger partial charge in [0, 0.05) is 34.4 Å². The highest BCUT2D eigenvalue weighted by molar-refractivity contribution is 8.00. The molecule has 2 aromatic rings. The fourth-order valence-electron chi connectivity index (χ4n) is 3.09. The Morgan fingerprint density at radius 2 is 2.19 bits per heavy atom. The lowest BCUT2D eigenvalue weighted by Gasteiger charge is -2.22. The first kappa shape index (κ1) is 19.0. The zero-order valence-electron chi connectivity index (χ0n) is 15.2. The fraction of sp³-hybridized carbons (Fsp3) is 0.421. The standard InChI is InChI=1S/C19H23N3O2S2/c1-12-10-11-22(15-6-4-5-7-16(15)26-12)17(23)9-8-14-13(2)20-19(25-3)21-18(14)24/h4-7,12H,8-11H2,1-3H3,(H,20,21,24). The van der Waals surface area contributed by atoms with Gasteiger partial charge in [-0.2, -0.15) is 0 Å². The van der Waals surface area contributed by atoms with E-state index in [2.05, 4.69) is 23.0 Å². The van der Waals surface area contributed by atoms with Crippen LogP contribution in [0.25, 0.3) is 0 Å². The summed E-state index contributed by atoms with van der Waals surface area (Å²) in [5.41, 5.74) is 2.14. The number of nitrogens with one attached hydrogen (secondary N) is 1. The molecule has 1 N–H and O–H groups in total. The van der Waals surface area contributed by atoms with Gasteiger partial charge < -0.3 is 9.88 Å². The molecule has 0 radical (unpaired) electrons. The molecule has 0 bridgehead atoms. The number of fused-ring (bicyclic) bond motifs is 1. The van der Waals surface area contributed by atoms with Crippen molar-refractivity contribution in [1.29, 1.82) is 0 Å². The van der Waals surface area contributed by atoms with Crippen molar-refractivity contribution in [2.24, 2.45) is 0 Å². The van der Waals surface area contributed by atoms with Crippen molar-refractivity contribution in [2.75, 3.05) is 17.7 Å². The van der Waals surface area contributed by atoms with Crippen LogP contribution in [-0.2, 0) is 11.2 Å². The number of para-hydroxylation sites is 1. The molecule has 7 heteroatoms. The predicted octanol–water partition coefficient (Wildman–Crippen LogP) is 3.65. The van der Waals surface area contributed by atoms with Crippen LogP contribution in [0.15, 0.2) is 39.1 Å². The van der Waals surface area contributed by atoms with Crippen molar-refractivity contribution in [3.63, 3.8) is 0 Å². The molecule has 0 aliphatic carbocycles. The van der Waals surface area contributed by atoms with Gasteiger partial charge in [0.25, 0.3) is 5.56 Å². The summed E-state index contributed by atoms with van der Waals surface area (Å²) in [6, 6.07) is 8.05. The monoisotopic (exact) mass is 389 g/mol. The van der Waals surface area contributed by atoms with Gasteiger partial charge in [-0.3, -0.25) is 9.59 Å². The molecule has 3 rings (SSSR count). The molecule has 1 amide bonds. The zero-order valence-corrected chi connectivity index (χ0v) is 16.9. The van der Waals surface area contributed by atoms with Gasteiger partial charge in [-0.05, 0) is 38.2 Å². The van der Waals surface area contributed by atoms with E-state index in [1.165, 1.54) is 11.8 Å². The minimum absolute atomic E-state index is 0.0555. The van der Waals surface area contributed by atoms with Crippen molar-refractivity contribution >= 4 is 35.1 Å².